The van der Waals surface area contributed by atoms with Crippen LogP contribution < -0.4 is 10.1 Å². The molecule has 0 radical (unpaired) electrons. The molecule has 2 aromatic heterocycles. The highest BCUT2D eigenvalue weighted by Crippen LogP contribution is 2.15. The van der Waals surface area contributed by atoms with Crippen molar-refractivity contribution in [2.24, 2.45) is 0 Å². The van der Waals surface area contributed by atoms with Crippen LogP contribution >= 0.6 is 11.6 Å². The Morgan fingerprint density at radius 1 is 1.22 bits per heavy atom. The third-order valence-electron chi connectivity index (χ3n) is 2.53. The fourth-order valence-corrected chi connectivity index (χ4v) is 1.81. The molecule has 0 spiro atoms. The van der Waals surface area contributed by atoms with Gasteiger partial charge in [0, 0.05) is 37.2 Å². The normalized spacial score (nSPS) is 10.3. The van der Waals surface area contributed by atoms with Gasteiger partial charge in [-0.15, -0.1) is 0 Å². The van der Waals surface area contributed by atoms with E-state index in [0.29, 0.717) is 24.0 Å². The standard InChI is InChI=1S/C13H14ClN3O/c1-18-13-11(3-2-5-17-13)8-16-7-10-4-6-15-9-12(10)14/h2-6,9,16H,7-8H2,1H3. The number of nitrogens with zero attached hydrogens (tertiary/aromatic N) is 2. The number of nitrogens with one attached hydrogen (secondary N) is 1. The van der Waals surface area contributed by atoms with Gasteiger partial charge in [0.15, 0.2) is 0 Å². The van der Waals surface area contributed by atoms with E-state index in [0.717, 1.165) is 11.1 Å². The van der Waals surface area contributed by atoms with Crippen LogP contribution in [-0.4, -0.2) is 17.1 Å². The predicted molar refractivity (Wildman–Crippen MR) is 70.6 cm³/mol. The van der Waals surface area contributed by atoms with Gasteiger partial charge in [-0.05, 0) is 17.7 Å². The van der Waals surface area contributed by atoms with E-state index < -0.39 is 0 Å². The Bertz CT molecular complexity index is 519. The molecule has 0 aliphatic rings. The molecule has 4 nitrogen and oxygen atoms in total. The summed E-state index contributed by atoms with van der Waals surface area (Å²) < 4.78 is 5.18. The second-order valence-corrected chi connectivity index (χ2v) is 4.15. The molecule has 2 rings (SSSR count). The molecule has 0 saturated carbocycles. The summed E-state index contributed by atoms with van der Waals surface area (Å²) in [6.45, 7) is 1.36. The summed E-state index contributed by atoms with van der Waals surface area (Å²) in [5.74, 6) is 0.644. The van der Waals surface area contributed by atoms with E-state index in [9.17, 15) is 0 Å². The van der Waals surface area contributed by atoms with Crippen molar-refractivity contribution in [2.75, 3.05) is 7.11 Å². The molecule has 0 unspecified atom stereocenters. The summed E-state index contributed by atoms with van der Waals surface area (Å²) >= 11 is 6.03. The predicted octanol–water partition coefficient (Wildman–Crippen LogP) is 2.43. The molecule has 0 aromatic carbocycles. The van der Waals surface area contributed by atoms with Crippen molar-refractivity contribution in [3.63, 3.8) is 0 Å². The summed E-state index contributed by atoms with van der Waals surface area (Å²) in [4.78, 5) is 8.09. The lowest BCUT2D eigenvalue weighted by molar-refractivity contribution is 0.390. The number of aromatic nitrogens is 2. The third kappa shape index (κ3) is 3.18. The minimum Gasteiger partial charge on any atom is -0.481 e. The maximum atomic E-state index is 6.03. The van der Waals surface area contributed by atoms with Crippen molar-refractivity contribution in [1.82, 2.24) is 15.3 Å². The molecule has 1 N–H and O–H groups in total. The van der Waals surface area contributed by atoms with Gasteiger partial charge in [-0.3, -0.25) is 4.98 Å². The Kier molecular flexibility index (Phi) is 4.50. The molecule has 0 aliphatic heterocycles. The maximum absolute atomic E-state index is 6.03. The molecular formula is C13H14ClN3O. The van der Waals surface area contributed by atoms with Crippen molar-refractivity contribution in [1.29, 1.82) is 0 Å². The van der Waals surface area contributed by atoms with Crippen molar-refractivity contribution in [3.8, 4) is 5.88 Å². The van der Waals surface area contributed by atoms with Crippen molar-refractivity contribution >= 4 is 11.6 Å². The molecule has 0 bridgehead atoms. The maximum Gasteiger partial charge on any atom is 0.217 e. The van der Waals surface area contributed by atoms with E-state index in [1.54, 1.807) is 25.7 Å². The highest BCUT2D eigenvalue weighted by atomic mass is 35.5. The number of ether oxygens (including phenoxy) is 1. The fourth-order valence-electron chi connectivity index (χ4n) is 1.62. The van der Waals surface area contributed by atoms with Crippen LogP contribution in [0.5, 0.6) is 5.88 Å². The highest BCUT2D eigenvalue weighted by Gasteiger charge is 2.03. The Morgan fingerprint density at radius 2 is 2.06 bits per heavy atom. The number of hydrogen-bond donors (Lipinski definition) is 1. The third-order valence-corrected chi connectivity index (χ3v) is 2.87. The lowest BCUT2D eigenvalue weighted by atomic mass is 10.2. The number of rotatable bonds is 5. The lowest BCUT2D eigenvalue weighted by Crippen LogP contribution is -2.14. The second-order valence-electron chi connectivity index (χ2n) is 3.74. The average Bonchev–Trinajstić information content (AvgIpc) is 2.41. The van der Waals surface area contributed by atoms with Gasteiger partial charge in [0.2, 0.25) is 5.88 Å². The lowest BCUT2D eigenvalue weighted by Gasteiger charge is -2.09. The zero-order valence-electron chi connectivity index (χ0n) is 10.1. The largest absolute Gasteiger partial charge is 0.481 e. The first kappa shape index (κ1) is 12.8. The quantitative estimate of drug-likeness (QED) is 0.900. The Labute approximate surface area is 111 Å². The number of hydrogen-bond acceptors (Lipinski definition) is 4. The van der Waals surface area contributed by atoms with Gasteiger partial charge >= 0.3 is 0 Å². The number of pyridine rings is 2. The summed E-state index contributed by atoms with van der Waals surface area (Å²) in [6.07, 6.45) is 5.08. The Morgan fingerprint density at radius 3 is 2.83 bits per heavy atom. The van der Waals surface area contributed by atoms with Gasteiger partial charge in [0.05, 0.1) is 12.1 Å². The molecule has 18 heavy (non-hydrogen) atoms. The molecule has 5 heteroatoms. The van der Waals surface area contributed by atoms with Gasteiger partial charge in [-0.1, -0.05) is 17.7 Å². The van der Waals surface area contributed by atoms with Crippen LogP contribution in [0, 0.1) is 0 Å². The van der Waals surface area contributed by atoms with Crippen LogP contribution in [-0.2, 0) is 13.1 Å². The summed E-state index contributed by atoms with van der Waals surface area (Å²) in [6, 6.07) is 5.77. The first-order valence-corrected chi connectivity index (χ1v) is 5.96. The van der Waals surface area contributed by atoms with E-state index in [1.165, 1.54) is 0 Å². The molecule has 2 heterocycles. The second kappa shape index (κ2) is 6.33. The topological polar surface area (TPSA) is 47.0 Å². The monoisotopic (exact) mass is 263 g/mol. The number of halogens is 1. The van der Waals surface area contributed by atoms with Gasteiger partial charge in [-0.2, -0.15) is 0 Å². The van der Waals surface area contributed by atoms with Crippen LogP contribution in [0.15, 0.2) is 36.8 Å². The minimum atomic E-state index is 0.644. The van der Waals surface area contributed by atoms with Crippen molar-refractivity contribution in [3.05, 3.63) is 52.9 Å². The molecule has 0 atom stereocenters. The molecule has 0 aliphatic carbocycles. The zero-order valence-corrected chi connectivity index (χ0v) is 10.8. The Balaban J connectivity index is 1.95. The van der Waals surface area contributed by atoms with Crippen LogP contribution in [0.2, 0.25) is 5.02 Å². The van der Waals surface area contributed by atoms with E-state index in [-0.39, 0.29) is 0 Å². The van der Waals surface area contributed by atoms with Crippen LogP contribution in [0.4, 0.5) is 0 Å². The molecule has 0 saturated heterocycles. The van der Waals surface area contributed by atoms with Crippen LogP contribution in [0.3, 0.4) is 0 Å². The Hall–Kier alpha value is -1.65. The van der Waals surface area contributed by atoms with Gasteiger partial charge < -0.3 is 10.1 Å². The first-order chi connectivity index (χ1) is 8.81. The van der Waals surface area contributed by atoms with Crippen LogP contribution in [0.25, 0.3) is 0 Å². The van der Waals surface area contributed by atoms with Crippen molar-refractivity contribution in [2.45, 2.75) is 13.1 Å². The number of methoxy groups -OCH3 is 1. The summed E-state index contributed by atoms with van der Waals surface area (Å²) in [5, 5.41) is 3.97. The van der Waals surface area contributed by atoms with Gasteiger partial charge in [-0.25, -0.2) is 4.98 Å². The summed E-state index contributed by atoms with van der Waals surface area (Å²) in [5.41, 5.74) is 2.04. The van der Waals surface area contributed by atoms with E-state index >= 15 is 0 Å². The van der Waals surface area contributed by atoms with Crippen LogP contribution in [0.1, 0.15) is 11.1 Å². The van der Waals surface area contributed by atoms with Gasteiger partial charge in [0.1, 0.15) is 0 Å². The molecule has 2 aromatic rings. The smallest absolute Gasteiger partial charge is 0.217 e. The first-order valence-electron chi connectivity index (χ1n) is 5.58. The molecular weight excluding hydrogens is 250 g/mol. The van der Waals surface area contributed by atoms with Crippen molar-refractivity contribution < 1.29 is 4.74 Å². The molecule has 0 amide bonds. The average molecular weight is 264 g/mol. The van der Waals surface area contributed by atoms with E-state index in [4.69, 9.17) is 16.3 Å². The van der Waals surface area contributed by atoms with Gasteiger partial charge in [0.25, 0.3) is 0 Å². The highest BCUT2D eigenvalue weighted by molar-refractivity contribution is 6.31. The summed E-state index contributed by atoms with van der Waals surface area (Å²) in [7, 11) is 1.62. The molecule has 0 fully saturated rings. The SMILES string of the molecule is COc1ncccc1CNCc1ccncc1Cl. The zero-order chi connectivity index (χ0) is 12.8. The molecule has 94 valence electrons. The minimum absolute atomic E-state index is 0.644. The van der Waals surface area contributed by atoms with E-state index in [1.807, 2.05) is 18.2 Å². The fraction of sp³-hybridized carbons (Fsp3) is 0.231. The van der Waals surface area contributed by atoms with E-state index in [2.05, 4.69) is 15.3 Å².